The fourth-order valence-corrected chi connectivity index (χ4v) is 2.18. The Kier molecular flexibility index (Phi) is 1.78. The van der Waals surface area contributed by atoms with Crippen LogP contribution in [0.4, 0.5) is 5.69 Å². The van der Waals surface area contributed by atoms with Crippen LogP contribution in [0.5, 0.6) is 0 Å². The van der Waals surface area contributed by atoms with Crippen LogP contribution in [0.2, 0.25) is 0 Å². The van der Waals surface area contributed by atoms with Crippen LogP contribution in [-0.2, 0) is 0 Å². The van der Waals surface area contributed by atoms with Crippen molar-refractivity contribution in [1.82, 2.24) is 0 Å². The third-order valence-electron chi connectivity index (χ3n) is 1.82. The van der Waals surface area contributed by atoms with Crippen LogP contribution < -0.4 is 4.90 Å². The molecule has 0 N–H and O–H groups in total. The molecule has 0 amide bonds. The molecule has 57 valence electrons. The Morgan fingerprint density at radius 3 is 3.00 bits per heavy atom. The Morgan fingerprint density at radius 2 is 2.18 bits per heavy atom. The molecule has 0 atom stereocenters. The topological polar surface area (TPSA) is 3.24 Å². The lowest BCUT2D eigenvalue weighted by Gasteiger charge is -2.13. The summed E-state index contributed by atoms with van der Waals surface area (Å²) < 4.78 is 0. The van der Waals surface area contributed by atoms with E-state index in [1.807, 2.05) is 0 Å². The monoisotopic (exact) mass is 164 g/mol. The number of nitrogens with zero attached hydrogens (tertiary/aromatic N) is 1. The smallest absolute Gasteiger partial charge is 0.110 e. The first-order valence-electron chi connectivity index (χ1n) is 3.77. The number of benzene rings is 1. The molecule has 1 radical (unpaired) electrons. The van der Waals surface area contributed by atoms with Gasteiger partial charge < -0.3 is 4.90 Å². The van der Waals surface area contributed by atoms with Crippen molar-refractivity contribution in [3.8, 4) is 0 Å². The quantitative estimate of drug-likeness (QED) is 0.628. The van der Waals surface area contributed by atoms with E-state index in [0.29, 0.717) is 0 Å². The average Bonchev–Trinajstić information content (AvgIpc) is 2.47. The molecular formula is C9H10NS. The summed E-state index contributed by atoms with van der Waals surface area (Å²) in [6.07, 6.45) is 0. The number of fused-ring (bicyclic) bond motifs is 1. The lowest BCUT2D eigenvalue weighted by atomic mass is 10.3. The highest BCUT2D eigenvalue weighted by Crippen LogP contribution is 2.40. The lowest BCUT2D eigenvalue weighted by Crippen LogP contribution is -2.13. The first-order valence-corrected chi connectivity index (χ1v) is 4.65. The molecule has 2 rings (SSSR count). The van der Waals surface area contributed by atoms with Crippen LogP contribution >= 0.6 is 11.8 Å². The first kappa shape index (κ1) is 7.04. The van der Waals surface area contributed by atoms with Gasteiger partial charge in [0.05, 0.1) is 5.69 Å². The molecule has 0 spiro atoms. The number of rotatable bonds is 1. The molecule has 1 heterocycles. The molecule has 0 aromatic heterocycles. The van der Waals surface area contributed by atoms with Gasteiger partial charge in [-0.25, -0.2) is 0 Å². The average molecular weight is 164 g/mol. The van der Waals surface area contributed by atoms with E-state index in [1.54, 1.807) is 11.8 Å². The third-order valence-corrected chi connectivity index (χ3v) is 2.78. The van der Waals surface area contributed by atoms with Crippen LogP contribution in [0.1, 0.15) is 6.92 Å². The predicted molar refractivity (Wildman–Crippen MR) is 49.6 cm³/mol. The lowest BCUT2D eigenvalue weighted by molar-refractivity contribution is 1.00. The van der Waals surface area contributed by atoms with Crippen molar-refractivity contribution < 1.29 is 0 Å². The van der Waals surface area contributed by atoms with Crippen molar-refractivity contribution >= 4 is 17.4 Å². The van der Waals surface area contributed by atoms with Crippen molar-refractivity contribution in [2.45, 2.75) is 11.8 Å². The fraction of sp³-hybridized carbons (Fsp3) is 0.222. The van der Waals surface area contributed by atoms with Crippen molar-refractivity contribution in [2.24, 2.45) is 0 Å². The standard InChI is InChI=1S/C9H10NS/c1-2-10-7-11-9-6-4-3-5-8(9)10/h3-7H,2H2,1H3. The van der Waals surface area contributed by atoms with Crippen LogP contribution in [0.3, 0.4) is 0 Å². The minimum Gasteiger partial charge on any atom is -0.356 e. The van der Waals surface area contributed by atoms with Gasteiger partial charge in [0.25, 0.3) is 0 Å². The van der Waals surface area contributed by atoms with Gasteiger partial charge in [0.15, 0.2) is 0 Å². The molecule has 1 aliphatic heterocycles. The molecule has 2 heteroatoms. The van der Waals surface area contributed by atoms with Gasteiger partial charge in [-0.05, 0) is 19.1 Å². The Bertz CT molecular complexity index is 259. The van der Waals surface area contributed by atoms with E-state index in [1.165, 1.54) is 10.6 Å². The van der Waals surface area contributed by atoms with Crippen molar-refractivity contribution in [1.29, 1.82) is 0 Å². The zero-order valence-corrected chi connectivity index (χ0v) is 7.27. The highest BCUT2D eigenvalue weighted by molar-refractivity contribution is 8.01. The van der Waals surface area contributed by atoms with Crippen molar-refractivity contribution in [3.63, 3.8) is 0 Å². The first-order chi connectivity index (χ1) is 5.42. The minimum atomic E-state index is 1.06. The summed E-state index contributed by atoms with van der Waals surface area (Å²) in [5.41, 5.74) is 1.35. The summed E-state index contributed by atoms with van der Waals surface area (Å²) >= 11 is 1.80. The van der Waals surface area contributed by atoms with E-state index in [0.717, 1.165) is 6.54 Å². The minimum absolute atomic E-state index is 1.06. The SMILES string of the molecule is CCN1[CH]Sc2ccccc21. The van der Waals surface area contributed by atoms with Crippen LogP contribution in [-0.4, -0.2) is 6.54 Å². The maximum Gasteiger partial charge on any atom is 0.110 e. The van der Waals surface area contributed by atoms with Gasteiger partial charge in [0.1, 0.15) is 5.88 Å². The Hall–Kier alpha value is -0.630. The number of hydrogen-bond acceptors (Lipinski definition) is 2. The predicted octanol–water partition coefficient (Wildman–Crippen LogP) is 2.74. The number of para-hydroxylation sites is 1. The highest BCUT2D eigenvalue weighted by Gasteiger charge is 2.16. The van der Waals surface area contributed by atoms with Crippen LogP contribution in [0.15, 0.2) is 29.2 Å². The van der Waals surface area contributed by atoms with Gasteiger partial charge in [0, 0.05) is 11.4 Å². The molecule has 0 aliphatic carbocycles. The molecule has 1 aliphatic rings. The van der Waals surface area contributed by atoms with Gasteiger partial charge in [0.2, 0.25) is 0 Å². The second-order valence-corrected chi connectivity index (χ2v) is 3.36. The second-order valence-electron chi connectivity index (χ2n) is 2.48. The molecule has 11 heavy (non-hydrogen) atoms. The molecule has 0 unspecified atom stereocenters. The van der Waals surface area contributed by atoms with Gasteiger partial charge in [-0.1, -0.05) is 23.9 Å². The van der Waals surface area contributed by atoms with Crippen LogP contribution in [0.25, 0.3) is 0 Å². The summed E-state index contributed by atoms with van der Waals surface area (Å²) in [5, 5.41) is 0. The van der Waals surface area contributed by atoms with Crippen molar-refractivity contribution in [3.05, 3.63) is 30.1 Å². The molecular weight excluding hydrogens is 154 g/mol. The summed E-state index contributed by atoms with van der Waals surface area (Å²) in [6.45, 7) is 3.23. The van der Waals surface area contributed by atoms with E-state index in [-0.39, 0.29) is 0 Å². The maximum atomic E-state index is 2.26. The number of anilines is 1. The second kappa shape index (κ2) is 2.78. The molecule has 0 saturated carbocycles. The molecule has 0 saturated heterocycles. The third kappa shape index (κ3) is 1.11. The van der Waals surface area contributed by atoms with E-state index < -0.39 is 0 Å². The Balaban J connectivity index is 2.39. The van der Waals surface area contributed by atoms with Gasteiger partial charge in [-0.2, -0.15) is 0 Å². The highest BCUT2D eigenvalue weighted by atomic mass is 32.2. The normalized spacial score (nSPS) is 15.2. The fourth-order valence-electron chi connectivity index (χ4n) is 1.22. The summed E-state index contributed by atoms with van der Waals surface area (Å²) in [6, 6.07) is 8.49. The van der Waals surface area contributed by atoms with E-state index in [9.17, 15) is 0 Å². The molecule has 0 fully saturated rings. The van der Waals surface area contributed by atoms with Gasteiger partial charge in [-0.3, -0.25) is 0 Å². The number of thioether (sulfide) groups is 1. The van der Waals surface area contributed by atoms with E-state index in [2.05, 4.69) is 42.0 Å². The molecule has 1 aromatic rings. The molecule has 1 aromatic carbocycles. The zero-order chi connectivity index (χ0) is 7.68. The zero-order valence-electron chi connectivity index (χ0n) is 6.45. The van der Waals surface area contributed by atoms with E-state index in [4.69, 9.17) is 0 Å². The van der Waals surface area contributed by atoms with E-state index >= 15 is 0 Å². The largest absolute Gasteiger partial charge is 0.356 e. The van der Waals surface area contributed by atoms with Crippen LogP contribution in [0, 0.1) is 5.88 Å². The Morgan fingerprint density at radius 1 is 1.36 bits per heavy atom. The summed E-state index contributed by atoms with van der Waals surface area (Å²) in [5.74, 6) is 2.17. The van der Waals surface area contributed by atoms with Gasteiger partial charge in [-0.15, -0.1) is 0 Å². The summed E-state index contributed by atoms with van der Waals surface area (Å²) in [4.78, 5) is 3.63. The Labute approximate surface area is 71.4 Å². The van der Waals surface area contributed by atoms with Crippen molar-refractivity contribution in [2.75, 3.05) is 11.4 Å². The molecule has 1 nitrogen and oxygen atoms in total. The molecule has 0 bridgehead atoms. The van der Waals surface area contributed by atoms with Gasteiger partial charge >= 0.3 is 0 Å². The summed E-state index contributed by atoms with van der Waals surface area (Å²) in [7, 11) is 0. The number of hydrogen-bond donors (Lipinski definition) is 0. The maximum absolute atomic E-state index is 2.26.